The zero-order chi connectivity index (χ0) is 23.5. The number of hydrogen-bond donors (Lipinski definition) is 2. The SMILES string of the molecule is O=C(O)C(Cc1ccc(Cl)cc1)NC(=O)C1CCCN1S(=O)(=O)c1ccc([N+](=O)[O-])cc1. The minimum atomic E-state index is -4.11. The van der Waals surface area contributed by atoms with Crippen LogP contribution in [0.4, 0.5) is 5.69 Å². The molecule has 0 aromatic heterocycles. The van der Waals surface area contributed by atoms with E-state index in [1.165, 1.54) is 0 Å². The Hall–Kier alpha value is -3.02. The van der Waals surface area contributed by atoms with Crippen LogP contribution in [0.5, 0.6) is 0 Å². The number of non-ortho nitro benzene ring substituents is 1. The number of aliphatic carboxylic acids is 1. The van der Waals surface area contributed by atoms with Gasteiger partial charge in [0.1, 0.15) is 12.1 Å². The predicted octanol–water partition coefficient (Wildman–Crippen LogP) is 2.21. The Labute approximate surface area is 189 Å². The van der Waals surface area contributed by atoms with Crippen molar-refractivity contribution in [2.45, 2.75) is 36.2 Å². The van der Waals surface area contributed by atoms with Crippen molar-refractivity contribution in [3.05, 3.63) is 69.2 Å². The molecular weight excluding hydrogens is 462 g/mol. The van der Waals surface area contributed by atoms with Crippen molar-refractivity contribution in [2.24, 2.45) is 0 Å². The molecule has 32 heavy (non-hydrogen) atoms. The Kier molecular flexibility index (Phi) is 7.12. The number of nitro groups is 1. The summed E-state index contributed by atoms with van der Waals surface area (Å²) < 4.78 is 27.0. The van der Waals surface area contributed by atoms with Gasteiger partial charge >= 0.3 is 5.97 Å². The Morgan fingerprint density at radius 3 is 2.38 bits per heavy atom. The summed E-state index contributed by atoms with van der Waals surface area (Å²) >= 11 is 5.83. The molecule has 3 rings (SSSR count). The zero-order valence-electron chi connectivity index (χ0n) is 16.7. The van der Waals surface area contributed by atoms with E-state index in [0.717, 1.165) is 28.6 Å². The van der Waals surface area contributed by atoms with Gasteiger partial charge in [0.15, 0.2) is 0 Å². The predicted molar refractivity (Wildman–Crippen MR) is 115 cm³/mol. The molecule has 1 aliphatic rings. The van der Waals surface area contributed by atoms with Crippen molar-refractivity contribution >= 4 is 39.2 Å². The van der Waals surface area contributed by atoms with Crippen molar-refractivity contribution < 1.29 is 28.0 Å². The molecule has 0 radical (unpaired) electrons. The van der Waals surface area contributed by atoms with E-state index in [1.807, 2.05) is 0 Å². The van der Waals surface area contributed by atoms with Crippen molar-refractivity contribution in [2.75, 3.05) is 6.54 Å². The first-order valence-electron chi connectivity index (χ1n) is 9.63. The molecule has 0 spiro atoms. The number of carbonyl (C=O) groups is 2. The maximum Gasteiger partial charge on any atom is 0.326 e. The van der Waals surface area contributed by atoms with Gasteiger partial charge in [0, 0.05) is 30.1 Å². The quantitative estimate of drug-likeness (QED) is 0.434. The highest BCUT2D eigenvalue weighted by Crippen LogP contribution is 2.27. The molecule has 2 aromatic rings. The van der Waals surface area contributed by atoms with E-state index < -0.39 is 38.9 Å². The Bertz CT molecular complexity index is 1120. The van der Waals surface area contributed by atoms with Crippen LogP contribution in [0.25, 0.3) is 0 Å². The lowest BCUT2D eigenvalue weighted by atomic mass is 10.1. The number of sulfonamides is 1. The molecular formula is C20H20ClN3O7S. The fourth-order valence-electron chi connectivity index (χ4n) is 3.49. The third-order valence-electron chi connectivity index (χ3n) is 5.13. The number of nitrogens with one attached hydrogen (secondary N) is 1. The minimum Gasteiger partial charge on any atom is -0.480 e. The molecule has 1 saturated heterocycles. The lowest BCUT2D eigenvalue weighted by Gasteiger charge is -2.25. The number of rotatable bonds is 8. The van der Waals surface area contributed by atoms with Crippen molar-refractivity contribution in [1.29, 1.82) is 0 Å². The number of amides is 1. The molecule has 2 aromatic carbocycles. The first kappa shape index (κ1) is 23.6. The molecule has 1 fully saturated rings. The van der Waals surface area contributed by atoms with Crippen LogP contribution in [0.2, 0.25) is 5.02 Å². The van der Waals surface area contributed by atoms with Gasteiger partial charge in [-0.3, -0.25) is 14.9 Å². The number of carboxylic acid groups (broad SMARTS) is 1. The second-order valence-electron chi connectivity index (χ2n) is 7.25. The van der Waals surface area contributed by atoms with Crippen LogP contribution in [0.3, 0.4) is 0 Å². The first-order chi connectivity index (χ1) is 15.1. The maximum atomic E-state index is 13.0. The average molecular weight is 482 g/mol. The van der Waals surface area contributed by atoms with Crippen molar-refractivity contribution in [3.63, 3.8) is 0 Å². The van der Waals surface area contributed by atoms with Gasteiger partial charge in [-0.25, -0.2) is 13.2 Å². The van der Waals surface area contributed by atoms with Gasteiger partial charge in [-0.15, -0.1) is 0 Å². The second kappa shape index (κ2) is 9.63. The zero-order valence-corrected chi connectivity index (χ0v) is 18.3. The largest absolute Gasteiger partial charge is 0.480 e. The maximum absolute atomic E-state index is 13.0. The fourth-order valence-corrected chi connectivity index (χ4v) is 5.27. The Balaban J connectivity index is 1.76. The van der Waals surface area contributed by atoms with Crippen molar-refractivity contribution in [1.82, 2.24) is 9.62 Å². The molecule has 1 amide bonds. The Morgan fingerprint density at radius 2 is 1.81 bits per heavy atom. The average Bonchev–Trinajstić information content (AvgIpc) is 3.26. The van der Waals surface area contributed by atoms with E-state index in [1.54, 1.807) is 24.3 Å². The summed E-state index contributed by atoms with van der Waals surface area (Å²) in [5.74, 6) is -1.97. The molecule has 0 bridgehead atoms. The second-order valence-corrected chi connectivity index (χ2v) is 9.58. The minimum absolute atomic E-state index is 0.0000644. The summed E-state index contributed by atoms with van der Waals surface area (Å²) in [6.45, 7) is 0.0757. The molecule has 2 unspecified atom stereocenters. The van der Waals surface area contributed by atoms with Gasteiger partial charge in [-0.05, 0) is 42.7 Å². The summed E-state index contributed by atoms with van der Waals surface area (Å²) in [5, 5.41) is 23.3. The fraction of sp³-hybridized carbons (Fsp3) is 0.300. The van der Waals surface area contributed by atoms with Crippen LogP contribution >= 0.6 is 11.6 Å². The van der Waals surface area contributed by atoms with Crippen LogP contribution in [-0.4, -0.2) is 53.3 Å². The normalized spacial score (nSPS) is 17.6. The van der Waals surface area contributed by atoms with Gasteiger partial charge in [-0.1, -0.05) is 23.7 Å². The molecule has 1 heterocycles. The molecule has 12 heteroatoms. The van der Waals surface area contributed by atoms with Crippen molar-refractivity contribution in [3.8, 4) is 0 Å². The van der Waals surface area contributed by atoms with Gasteiger partial charge in [0.2, 0.25) is 15.9 Å². The molecule has 10 nitrogen and oxygen atoms in total. The number of carboxylic acids is 1. The van der Waals surface area contributed by atoms with Gasteiger partial charge in [0.25, 0.3) is 5.69 Å². The highest BCUT2D eigenvalue weighted by Gasteiger charge is 2.40. The van der Waals surface area contributed by atoms with E-state index in [4.69, 9.17) is 11.6 Å². The van der Waals surface area contributed by atoms with Crippen LogP contribution in [-0.2, 0) is 26.0 Å². The summed E-state index contributed by atoms with van der Waals surface area (Å²) in [7, 11) is -4.11. The van der Waals surface area contributed by atoms with E-state index in [-0.39, 0.29) is 30.0 Å². The molecule has 170 valence electrons. The summed E-state index contributed by atoms with van der Waals surface area (Å²) in [6, 6.07) is 8.53. The number of halogens is 1. The first-order valence-corrected chi connectivity index (χ1v) is 11.5. The lowest BCUT2D eigenvalue weighted by molar-refractivity contribution is -0.384. The summed E-state index contributed by atoms with van der Waals surface area (Å²) in [6.07, 6.45) is 0.643. The standard InChI is InChI=1S/C20H20ClN3O7S/c21-14-5-3-13(4-6-14)12-17(20(26)27)22-19(25)18-2-1-11-23(18)32(30,31)16-9-7-15(8-10-16)24(28)29/h3-10,17-18H,1-2,11-12H2,(H,22,25)(H,26,27). The highest BCUT2D eigenvalue weighted by atomic mass is 35.5. The summed E-state index contributed by atoms with van der Waals surface area (Å²) in [4.78, 5) is 34.5. The van der Waals surface area contributed by atoms with Gasteiger partial charge < -0.3 is 10.4 Å². The molecule has 1 aliphatic heterocycles. The number of carbonyl (C=O) groups excluding carboxylic acids is 1. The topological polar surface area (TPSA) is 147 Å². The van der Waals surface area contributed by atoms with Gasteiger partial charge in [-0.2, -0.15) is 4.31 Å². The molecule has 2 N–H and O–H groups in total. The monoisotopic (exact) mass is 481 g/mol. The highest BCUT2D eigenvalue weighted by molar-refractivity contribution is 7.89. The van der Waals surface area contributed by atoms with E-state index in [2.05, 4.69) is 5.32 Å². The molecule has 2 atom stereocenters. The smallest absolute Gasteiger partial charge is 0.326 e. The number of nitro benzene ring substituents is 1. The van der Waals surface area contributed by atoms with E-state index in [0.29, 0.717) is 17.0 Å². The summed E-state index contributed by atoms with van der Waals surface area (Å²) in [5.41, 5.74) is 0.384. The van der Waals surface area contributed by atoms with Crippen LogP contribution in [0.15, 0.2) is 53.4 Å². The number of nitrogens with zero attached hydrogens (tertiary/aromatic N) is 2. The van der Waals surface area contributed by atoms with E-state index >= 15 is 0 Å². The van der Waals surface area contributed by atoms with E-state index in [9.17, 15) is 33.2 Å². The third-order valence-corrected chi connectivity index (χ3v) is 7.30. The van der Waals surface area contributed by atoms with Crippen LogP contribution in [0, 0.1) is 10.1 Å². The van der Waals surface area contributed by atoms with Gasteiger partial charge in [0.05, 0.1) is 9.82 Å². The number of hydrogen-bond acceptors (Lipinski definition) is 6. The number of benzene rings is 2. The van der Waals surface area contributed by atoms with Crippen LogP contribution in [0.1, 0.15) is 18.4 Å². The third kappa shape index (κ3) is 5.23. The molecule has 0 saturated carbocycles. The Morgan fingerprint density at radius 1 is 1.19 bits per heavy atom. The molecule has 0 aliphatic carbocycles. The lowest BCUT2D eigenvalue weighted by Crippen LogP contribution is -2.51. The van der Waals surface area contributed by atoms with Crippen LogP contribution < -0.4 is 5.32 Å².